The van der Waals surface area contributed by atoms with Crippen molar-refractivity contribution in [1.82, 2.24) is 5.43 Å². The number of unbranched alkanes of at least 4 members (excludes halogenated alkanes) is 5. The fraction of sp³-hybridized carbons (Fsp3) is 0.500. The van der Waals surface area contributed by atoms with E-state index in [4.69, 9.17) is 0 Å². The highest BCUT2D eigenvalue weighted by atomic mass is 16.6. The fourth-order valence-corrected chi connectivity index (χ4v) is 2.06. The maximum Gasteiger partial charge on any atom is 0.278 e. The predicted octanol–water partition coefficient (Wildman–Crippen LogP) is 3.80. The molecule has 0 atom stereocenters. The molecule has 0 fully saturated rings. The second-order valence-corrected chi connectivity index (χ2v) is 5.13. The Labute approximate surface area is 130 Å². The van der Waals surface area contributed by atoms with Gasteiger partial charge in [0.15, 0.2) is 0 Å². The maximum atomic E-state index is 11.6. The molecule has 0 aromatic heterocycles. The molecule has 1 N–H and O–H groups in total. The van der Waals surface area contributed by atoms with Crippen LogP contribution in [0.15, 0.2) is 29.4 Å². The van der Waals surface area contributed by atoms with Gasteiger partial charge in [0, 0.05) is 12.5 Å². The Hall–Kier alpha value is -2.24. The highest BCUT2D eigenvalue weighted by molar-refractivity contribution is 5.86. The number of hydrazone groups is 1. The van der Waals surface area contributed by atoms with Gasteiger partial charge in [-0.05, 0) is 12.5 Å². The Morgan fingerprint density at radius 1 is 1.23 bits per heavy atom. The first-order valence-corrected chi connectivity index (χ1v) is 7.70. The molecule has 0 spiro atoms. The van der Waals surface area contributed by atoms with Gasteiger partial charge in [0.1, 0.15) is 0 Å². The van der Waals surface area contributed by atoms with E-state index in [9.17, 15) is 14.9 Å². The van der Waals surface area contributed by atoms with Crippen LogP contribution in [0.5, 0.6) is 0 Å². The minimum atomic E-state index is -0.473. The number of amides is 1. The fourth-order valence-electron chi connectivity index (χ4n) is 2.06. The number of para-hydroxylation sites is 1. The van der Waals surface area contributed by atoms with Gasteiger partial charge in [0.05, 0.1) is 16.7 Å². The van der Waals surface area contributed by atoms with Crippen molar-refractivity contribution in [2.75, 3.05) is 0 Å². The lowest BCUT2D eigenvalue weighted by molar-refractivity contribution is -0.385. The second kappa shape index (κ2) is 10.5. The van der Waals surface area contributed by atoms with Gasteiger partial charge in [0.25, 0.3) is 5.69 Å². The zero-order chi connectivity index (χ0) is 16.2. The van der Waals surface area contributed by atoms with Gasteiger partial charge in [0.2, 0.25) is 5.91 Å². The van der Waals surface area contributed by atoms with Gasteiger partial charge in [-0.3, -0.25) is 14.9 Å². The number of nitro groups is 1. The monoisotopic (exact) mass is 305 g/mol. The summed E-state index contributed by atoms with van der Waals surface area (Å²) in [6.07, 6.45) is 8.44. The van der Waals surface area contributed by atoms with Crippen LogP contribution < -0.4 is 5.43 Å². The molecule has 0 aliphatic carbocycles. The van der Waals surface area contributed by atoms with Crippen molar-refractivity contribution in [3.63, 3.8) is 0 Å². The van der Waals surface area contributed by atoms with Gasteiger partial charge in [-0.1, -0.05) is 51.2 Å². The molecule has 1 amide bonds. The lowest BCUT2D eigenvalue weighted by Gasteiger charge is -2.01. The van der Waals surface area contributed by atoms with Crippen LogP contribution in [-0.2, 0) is 4.79 Å². The van der Waals surface area contributed by atoms with Crippen LogP contribution in [0.3, 0.4) is 0 Å². The highest BCUT2D eigenvalue weighted by Crippen LogP contribution is 2.15. The largest absolute Gasteiger partial charge is 0.278 e. The summed E-state index contributed by atoms with van der Waals surface area (Å²) in [6.45, 7) is 2.17. The molecular formula is C16H23N3O3. The first-order valence-electron chi connectivity index (χ1n) is 7.70. The standard InChI is InChI=1S/C16H23N3O3/c1-2-3-4-5-6-7-12-16(20)18-17-13-14-10-8-9-11-15(14)19(21)22/h8-11,13H,2-7,12H2,1H3,(H,18,20)/b17-13+. The van der Waals surface area contributed by atoms with Crippen molar-refractivity contribution < 1.29 is 9.72 Å². The Balaban J connectivity index is 2.30. The van der Waals surface area contributed by atoms with Crippen LogP contribution in [0.1, 0.15) is 57.4 Å². The number of nitro benzene ring substituents is 1. The molecule has 0 saturated carbocycles. The van der Waals surface area contributed by atoms with Gasteiger partial charge in [-0.15, -0.1) is 0 Å². The molecule has 120 valence electrons. The van der Waals surface area contributed by atoms with E-state index < -0.39 is 4.92 Å². The maximum absolute atomic E-state index is 11.6. The minimum Gasteiger partial charge on any atom is -0.273 e. The Bertz CT molecular complexity index is 515. The summed E-state index contributed by atoms with van der Waals surface area (Å²) in [6, 6.07) is 6.26. The van der Waals surface area contributed by atoms with Crippen molar-refractivity contribution in [2.45, 2.75) is 51.9 Å². The lowest BCUT2D eigenvalue weighted by atomic mass is 10.1. The number of hydrogen-bond acceptors (Lipinski definition) is 4. The third-order valence-electron chi connectivity index (χ3n) is 3.28. The number of rotatable bonds is 10. The van der Waals surface area contributed by atoms with Crippen LogP contribution in [-0.4, -0.2) is 17.0 Å². The average Bonchev–Trinajstić information content (AvgIpc) is 2.51. The number of carbonyl (C=O) groups is 1. The van der Waals surface area contributed by atoms with Crippen molar-refractivity contribution in [3.8, 4) is 0 Å². The van der Waals surface area contributed by atoms with Gasteiger partial charge in [-0.25, -0.2) is 5.43 Å². The average molecular weight is 305 g/mol. The lowest BCUT2D eigenvalue weighted by Crippen LogP contribution is -2.17. The van der Waals surface area contributed by atoms with E-state index in [1.54, 1.807) is 18.2 Å². The third kappa shape index (κ3) is 6.97. The summed E-state index contributed by atoms with van der Waals surface area (Å²) >= 11 is 0. The Morgan fingerprint density at radius 3 is 2.64 bits per heavy atom. The van der Waals surface area contributed by atoms with Crippen molar-refractivity contribution >= 4 is 17.8 Å². The van der Waals surface area contributed by atoms with E-state index in [1.165, 1.54) is 31.5 Å². The van der Waals surface area contributed by atoms with Crippen molar-refractivity contribution in [1.29, 1.82) is 0 Å². The Morgan fingerprint density at radius 2 is 1.91 bits per heavy atom. The quantitative estimate of drug-likeness (QED) is 0.309. The summed E-state index contributed by atoms with van der Waals surface area (Å²) in [7, 11) is 0. The van der Waals surface area contributed by atoms with Gasteiger partial charge >= 0.3 is 0 Å². The van der Waals surface area contributed by atoms with E-state index in [0.717, 1.165) is 19.3 Å². The predicted molar refractivity (Wildman–Crippen MR) is 86.8 cm³/mol. The molecule has 22 heavy (non-hydrogen) atoms. The molecule has 0 radical (unpaired) electrons. The molecule has 6 heteroatoms. The zero-order valence-corrected chi connectivity index (χ0v) is 13.0. The molecule has 6 nitrogen and oxygen atoms in total. The Kier molecular flexibility index (Phi) is 8.49. The highest BCUT2D eigenvalue weighted by Gasteiger charge is 2.09. The summed E-state index contributed by atoms with van der Waals surface area (Å²) in [5, 5.41) is 14.6. The first-order chi connectivity index (χ1) is 10.6. The van der Waals surface area contributed by atoms with Crippen molar-refractivity contribution in [2.24, 2.45) is 5.10 Å². The van der Waals surface area contributed by atoms with E-state index in [-0.39, 0.29) is 11.6 Å². The molecule has 1 aromatic carbocycles. The van der Waals surface area contributed by atoms with E-state index in [2.05, 4.69) is 17.5 Å². The molecule has 0 bridgehead atoms. The van der Waals surface area contributed by atoms with Crippen LogP contribution in [0.2, 0.25) is 0 Å². The van der Waals surface area contributed by atoms with Crippen LogP contribution in [0.25, 0.3) is 0 Å². The van der Waals surface area contributed by atoms with Crippen LogP contribution >= 0.6 is 0 Å². The second-order valence-electron chi connectivity index (χ2n) is 5.13. The summed E-state index contributed by atoms with van der Waals surface area (Å²) in [4.78, 5) is 21.9. The number of benzene rings is 1. The molecule has 0 aliphatic heterocycles. The number of nitrogens with zero attached hydrogens (tertiary/aromatic N) is 2. The molecule has 0 saturated heterocycles. The first kappa shape index (κ1) is 17.8. The number of carbonyl (C=O) groups excluding carboxylic acids is 1. The third-order valence-corrected chi connectivity index (χ3v) is 3.28. The van der Waals surface area contributed by atoms with Crippen molar-refractivity contribution in [3.05, 3.63) is 39.9 Å². The van der Waals surface area contributed by atoms with Crippen LogP contribution in [0, 0.1) is 10.1 Å². The molecule has 0 heterocycles. The zero-order valence-electron chi connectivity index (χ0n) is 13.0. The molecular weight excluding hydrogens is 282 g/mol. The van der Waals surface area contributed by atoms with Gasteiger partial charge < -0.3 is 0 Å². The summed E-state index contributed by atoms with van der Waals surface area (Å²) in [5.41, 5.74) is 2.74. The summed E-state index contributed by atoms with van der Waals surface area (Å²) < 4.78 is 0. The molecule has 0 unspecified atom stereocenters. The minimum absolute atomic E-state index is 0.0311. The van der Waals surface area contributed by atoms with E-state index in [1.807, 2.05) is 0 Å². The normalized spacial score (nSPS) is 10.8. The smallest absolute Gasteiger partial charge is 0.273 e. The van der Waals surface area contributed by atoms with E-state index >= 15 is 0 Å². The number of hydrogen-bond donors (Lipinski definition) is 1. The number of nitrogens with one attached hydrogen (secondary N) is 1. The topological polar surface area (TPSA) is 84.6 Å². The SMILES string of the molecule is CCCCCCCCC(=O)N/N=C/c1ccccc1[N+](=O)[O-]. The molecule has 0 aliphatic rings. The summed E-state index contributed by atoms with van der Waals surface area (Å²) in [5.74, 6) is -0.162. The van der Waals surface area contributed by atoms with Gasteiger partial charge in [-0.2, -0.15) is 5.10 Å². The van der Waals surface area contributed by atoms with E-state index in [0.29, 0.717) is 12.0 Å². The molecule has 1 rings (SSSR count). The van der Waals surface area contributed by atoms with Crippen LogP contribution in [0.4, 0.5) is 5.69 Å². The molecule has 1 aromatic rings.